The van der Waals surface area contributed by atoms with E-state index in [1.54, 1.807) is 30.3 Å². The lowest BCUT2D eigenvalue weighted by Crippen LogP contribution is -2.25. The molecule has 8 heteroatoms. The third-order valence-electron chi connectivity index (χ3n) is 4.02. The van der Waals surface area contributed by atoms with Crippen LogP contribution in [-0.2, 0) is 20.6 Å². The summed E-state index contributed by atoms with van der Waals surface area (Å²) >= 11 is 0. The van der Waals surface area contributed by atoms with Crippen molar-refractivity contribution in [3.63, 3.8) is 0 Å². The van der Waals surface area contributed by atoms with Crippen LogP contribution in [0, 0.1) is 0 Å². The number of ether oxygens (including phenoxy) is 2. The summed E-state index contributed by atoms with van der Waals surface area (Å²) < 4.78 is 37.4. The first-order valence-corrected chi connectivity index (χ1v) is 11.6. The van der Waals surface area contributed by atoms with Gasteiger partial charge in [0, 0.05) is 18.3 Å². The van der Waals surface area contributed by atoms with Gasteiger partial charge in [0.1, 0.15) is 0 Å². The number of hydrogen-bond donors (Lipinski definition) is 2. The Hall–Kier alpha value is -3.10. The average molecular weight is 445 g/mol. The lowest BCUT2D eigenvalue weighted by molar-refractivity contribution is -0.111. The van der Waals surface area contributed by atoms with E-state index < -0.39 is 10.0 Å². The molecule has 0 saturated heterocycles. The zero-order chi connectivity index (χ0) is 22.7. The standard InChI is InChI=1S/C23H28N2O5S/c1-4-15-24-31(27,28)17-19-7-11-20(12-8-19)25-23(26)14-10-18-9-13-21(29-5-2)22(16-18)30-6-3/h4,7-14,16,24H,1,5-6,15,17H2,2-3H3,(H,25,26)/b14-10+. The summed E-state index contributed by atoms with van der Waals surface area (Å²) in [4.78, 5) is 12.2. The Balaban J connectivity index is 1.98. The summed E-state index contributed by atoms with van der Waals surface area (Å²) in [5.74, 6) is 0.835. The van der Waals surface area contributed by atoms with E-state index in [1.807, 2.05) is 32.0 Å². The summed E-state index contributed by atoms with van der Waals surface area (Å²) in [5.41, 5.74) is 1.98. The number of benzene rings is 2. The lowest BCUT2D eigenvalue weighted by atomic mass is 10.2. The SMILES string of the molecule is C=CCNS(=O)(=O)Cc1ccc(NC(=O)/C=C/c2ccc(OCC)c(OCC)c2)cc1. The van der Waals surface area contributed by atoms with Crippen LogP contribution in [0.25, 0.3) is 6.08 Å². The fourth-order valence-electron chi connectivity index (χ4n) is 2.67. The van der Waals surface area contributed by atoms with Gasteiger partial charge in [-0.3, -0.25) is 4.79 Å². The fraction of sp³-hybridized carbons (Fsp3) is 0.261. The molecule has 0 heterocycles. The summed E-state index contributed by atoms with van der Waals surface area (Å²) in [6.07, 6.45) is 4.58. The first-order chi connectivity index (χ1) is 14.9. The van der Waals surface area contributed by atoms with Crippen LogP contribution in [-0.4, -0.2) is 34.1 Å². The van der Waals surface area contributed by atoms with Crippen LogP contribution in [0.3, 0.4) is 0 Å². The first-order valence-electron chi connectivity index (χ1n) is 9.92. The minimum Gasteiger partial charge on any atom is -0.490 e. The van der Waals surface area contributed by atoms with E-state index >= 15 is 0 Å². The van der Waals surface area contributed by atoms with Gasteiger partial charge in [-0.15, -0.1) is 6.58 Å². The van der Waals surface area contributed by atoms with Crippen molar-refractivity contribution in [3.8, 4) is 11.5 Å². The van der Waals surface area contributed by atoms with Gasteiger partial charge in [-0.2, -0.15) is 0 Å². The molecule has 0 saturated carbocycles. The Morgan fingerprint density at radius 3 is 2.35 bits per heavy atom. The van der Waals surface area contributed by atoms with Crippen LogP contribution < -0.4 is 19.5 Å². The van der Waals surface area contributed by atoms with Gasteiger partial charge >= 0.3 is 0 Å². The van der Waals surface area contributed by atoms with E-state index in [1.165, 1.54) is 12.2 Å². The van der Waals surface area contributed by atoms with Crippen LogP contribution in [0.2, 0.25) is 0 Å². The normalized spacial score (nSPS) is 11.3. The van der Waals surface area contributed by atoms with Gasteiger partial charge in [0.05, 0.1) is 19.0 Å². The van der Waals surface area contributed by atoms with Crippen molar-refractivity contribution >= 4 is 27.7 Å². The van der Waals surface area contributed by atoms with Crippen LogP contribution in [0.4, 0.5) is 5.69 Å². The molecule has 0 atom stereocenters. The van der Waals surface area contributed by atoms with Crippen molar-refractivity contribution in [1.82, 2.24) is 4.72 Å². The van der Waals surface area contributed by atoms with E-state index in [-0.39, 0.29) is 18.2 Å². The number of amides is 1. The Kier molecular flexibility index (Phi) is 9.30. The zero-order valence-corrected chi connectivity index (χ0v) is 18.6. The fourth-order valence-corrected chi connectivity index (χ4v) is 3.77. The predicted molar refractivity (Wildman–Crippen MR) is 124 cm³/mol. The molecule has 0 bridgehead atoms. The number of sulfonamides is 1. The maximum atomic E-state index is 12.2. The van der Waals surface area contributed by atoms with E-state index in [9.17, 15) is 13.2 Å². The smallest absolute Gasteiger partial charge is 0.248 e. The van der Waals surface area contributed by atoms with Gasteiger partial charge in [-0.25, -0.2) is 13.1 Å². The maximum absolute atomic E-state index is 12.2. The second-order valence-corrected chi connectivity index (χ2v) is 8.29. The van der Waals surface area contributed by atoms with Crippen LogP contribution in [0.5, 0.6) is 11.5 Å². The largest absolute Gasteiger partial charge is 0.490 e. The highest BCUT2D eigenvalue weighted by atomic mass is 32.2. The van der Waals surface area contributed by atoms with Crippen molar-refractivity contribution in [1.29, 1.82) is 0 Å². The van der Waals surface area contributed by atoms with Crippen molar-refractivity contribution in [2.24, 2.45) is 0 Å². The van der Waals surface area contributed by atoms with Crippen molar-refractivity contribution in [3.05, 3.63) is 72.3 Å². The van der Waals surface area contributed by atoms with Gasteiger partial charge in [0.25, 0.3) is 0 Å². The molecule has 2 N–H and O–H groups in total. The van der Waals surface area contributed by atoms with Gasteiger partial charge in [-0.1, -0.05) is 24.3 Å². The molecule has 2 aromatic rings. The Morgan fingerprint density at radius 1 is 1.03 bits per heavy atom. The lowest BCUT2D eigenvalue weighted by Gasteiger charge is -2.11. The molecule has 0 radical (unpaired) electrons. The summed E-state index contributed by atoms with van der Waals surface area (Å²) in [6, 6.07) is 12.1. The number of carbonyl (C=O) groups is 1. The van der Waals surface area contributed by atoms with Crippen molar-refractivity contribution in [2.45, 2.75) is 19.6 Å². The van der Waals surface area contributed by atoms with Crippen LogP contribution >= 0.6 is 0 Å². The monoisotopic (exact) mass is 444 g/mol. The van der Waals surface area contributed by atoms with Gasteiger partial charge in [-0.05, 0) is 55.3 Å². The molecule has 166 valence electrons. The molecule has 0 aliphatic carbocycles. The van der Waals surface area contributed by atoms with Crippen LogP contribution in [0.1, 0.15) is 25.0 Å². The molecule has 0 spiro atoms. The summed E-state index contributed by atoms with van der Waals surface area (Å²) in [5, 5.41) is 2.75. The first kappa shape index (κ1) is 24.2. The minimum atomic E-state index is -3.43. The molecule has 7 nitrogen and oxygen atoms in total. The highest BCUT2D eigenvalue weighted by Crippen LogP contribution is 2.29. The van der Waals surface area contributed by atoms with Gasteiger partial charge in [0.15, 0.2) is 11.5 Å². The highest BCUT2D eigenvalue weighted by molar-refractivity contribution is 7.88. The third-order valence-corrected chi connectivity index (χ3v) is 5.34. The second-order valence-electron chi connectivity index (χ2n) is 6.49. The zero-order valence-electron chi connectivity index (χ0n) is 17.8. The highest BCUT2D eigenvalue weighted by Gasteiger charge is 2.10. The molecule has 0 unspecified atom stereocenters. The molecule has 0 aliphatic heterocycles. The molecule has 0 aromatic heterocycles. The van der Waals surface area contributed by atoms with Crippen LogP contribution in [0.15, 0.2) is 61.2 Å². The Bertz CT molecular complexity index is 1010. The molecular formula is C23H28N2O5S. The molecule has 0 aliphatic rings. The van der Waals surface area contributed by atoms with E-state index in [0.29, 0.717) is 36.0 Å². The van der Waals surface area contributed by atoms with Crippen molar-refractivity contribution < 1.29 is 22.7 Å². The number of rotatable bonds is 12. The summed E-state index contributed by atoms with van der Waals surface area (Å²) in [6.45, 7) is 8.51. The molecule has 2 rings (SSSR count). The maximum Gasteiger partial charge on any atom is 0.248 e. The predicted octanol–water partition coefficient (Wildman–Crippen LogP) is 3.74. The molecule has 31 heavy (non-hydrogen) atoms. The average Bonchev–Trinajstić information content (AvgIpc) is 2.74. The molecular weight excluding hydrogens is 416 g/mol. The number of anilines is 1. The summed E-state index contributed by atoms with van der Waals surface area (Å²) in [7, 11) is -3.43. The second kappa shape index (κ2) is 11.9. The third kappa shape index (κ3) is 8.27. The Labute approximate surface area is 183 Å². The molecule has 1 amide bonds. The number of hydrogen-bond acceptors (Lipinski definition) is 5. The molecule has 2 aromatic carbocycles. The Morgan fingerprint density at radius 2 is 1.71 bits per heavy atom. The van der Waals surface area contributed by atoms with Crippen molar-refractivity contribution in [2.75, 3.05) is 25.1 Å². The quantitative estimate of drug-likeness (QED) is 0.384. The van der Waals surface area contributed by atoms with E-state index in [4.69, 9.17) is 9.47 Å². The van der Waals surface area contributed by atoms with E-state index in [0.717, 1.165) is 5.56 Å². The molecule has 0 fully saturated rings. The topological polar surface area (TPSA) is 93.7 Å². The van der Waals surface area contributed by atoms with Gasteiger partial charge in [0.2, 0.25) is 15.9 Å². The number of carbonyl (C=O) groups excluding carboxylic acids is 1. The van der Waals surface area contributed by atoms with Gasteiger partial charge < -0.3 is 14.8 Å². The van der Waals surface area contributed by atoms with E-state index in [2.05, 4.69) is 16.6 Å². The number of nitrogens with one attached hydrogen (secondary N) is 2. The minimum absolute atomic E-state index is 0.144.